The molecule has 2 aromatic rings. The van der Waals surface area contributed by atoms with Crippen LogP contribution < -0.4 is 21.3 Å². The van der Waals surface area contributed by atoms with Gasteiger partial charge in [0.15, 0.2) is 11.4 Å². The standard InChI is InChI=1S/C54H62ClN5O14S2/c1-5-45(69)74-54(31(2)24-37-36-17-16-32-25-33(61)20-22-51(32,3)53(36,55)39(62)26-52(37,54)4)40(63)29-73-30-58-42(65)27-57-48(70)38(18-19-44(67)68)59-43(66)28-56-41(64)21-23-60-49(71)46(75-34-12-8-6-9-13-34)47(50(60)72)76-35-14-10-7-11-15-35/h6-15,20,22,25,31,36-39,62H,5,16-19,21,23-24,26-30H2,1-4H3,(H,56,64)(H,57,70)(H,58,65)(H,59,66)(H,67,68)/t31-,36-,37?,38-,39-,51-,52-,53-,54-/m0/s1. The number of aliphatic hydroxyl groups is 1. The van der Waals surface area contributed by atoms with Gasteiger partial charge >= 0.3 is 11.9 Å². The zero-order valence-electron chi connectivity index (χ0n) is 42.5. The molecular formula is C54H62ClN5O14S2. The Morgan fingerprint density at radius 1 is 0.842 bits per heavy atom. The third-order valence-corrected chi connectivity index (χ3v) is 18.7. The molecule has 22 heteroatoms. The molecule has 6 amide bonds. The number of carbonyl (C=O) groups is 10. The fourth-order valence-corrected chi connectivity index (χ4v) is 14.4. The monoisotopic (exact) mass is 1100 g/mol. The summed E-state index contributed by atoms with van der Waals surface area (Å²) >= 11 is 9.87. The van der Waals surface area contributed by atoms with Gasteiger partial charge in [-0.1, -0.05) is 99.3 Å². The Balaban J connectivity index is 0.891. The number of hydrogen-bond acceptors (Lipinski definition) is 15. The number of aliphatic carboxylic acids is 1. The minimum atomic E-state index is -1.74. The number of imide groups is 1. The van der Waals surface area contributed by atoms with E-state index in [-0.39, 0.29) is 59.7 Å². The van der Waals surface area contributed by atoms with Gasteiger partial charge in [-0.15, -0.1) is 11.6 Å². The van der Waals surface area contributed by atoms with Gasteiger partial charge in [-0.2, -0.15) is 0 Å². The molecule has 0 spiro atoms. The van der Waals surface area contributed by atoms with E-state index in [1.54, 1.807) is 67.6 Å². The van der Waals surface area contributed by atoms with E-state index in [1.807, 2.05) is 32.9 Å². The number of ketones is 2. The number of hydrogen-bond donors (Lipinski definition) is 6. The van der Waals surface area contributed by atoms with Crippen LogP contribution in [0.5, 0.6) is 0 Å². The molecule has 406 valence electrons. The Kier molecular flexibility index (Phi) is 18.2. The quantitative estimate of drug-likeness (QED) is 0.0296. The van der Waals surface area contributed by atoms with Crippen molar-refractivity contribution in [2.75, 3.05) is 33.0 Å². The van der Waals surface area contributed by atoms with Gasteiger partial charge in [-0.3, -0.25) is 52.8 Å². The lowest BCUT2D eigenvalue weighted by Crippen LogP contribution is -2.69. The minimum absolute atomic E-state index is 0.00418. The highest BCUT2D eigenvalue weighted by atomic mass is 35.5. The number of nitrogens with one attached hydrogen (secondary N) is 4. The van der Waals surface area contributed by atoms with Crippen molar-refractivity contribution >= 4 is 94.1 Å². The lowest BCUT2D eigenvalue weighted by atomic mass is 9.45. The number of amides is 6. The van der Waals surface area contributed by atoms with Gasteiger partial charge in [0.1, 0.15) is 19.4 Å². The average molecular weight is 1100 g/mol. The number of carbonyl (C=O) groups excluding carboxylic acids is 9. The molecule has 0 radical (unpaired) electrons. The summed E-state index contributed by atoms with van der Waals surface area (Å²) < 4.78 is 11.8. The summed E-state index contributed by atoms with van der Waals surface area (Å²) in [5.74, 6) is -8.18. The van der Waals surface area contributed by atoms with E-state index >= 15 is 0 Å². The molecule has 5 aliphatic rings. The first-order valence-corrected chi connectivity index (χ1v) is 27.1. The molecule has 4 aliphatic carbocycles. The summed E-state index contributed by atoms with van der Waals surface area (Å²) in [7, 11) is 0. The number of carboxylic acids is 1. The topological polar surface area (TPSA) is 281 Å². The van der Waals surface area contributed by atoms with Gasteiger partial charge in [0.25, 0.3) is 11.8 Å². The number of allylic oxidation sites excluding steroid dienone is 4. The van der Waals surface area contributed by atoms with E-state index < -0.39 is 125 Å². The van der Waals surface area contributed by atoms with E-state index in [1.165, 1.54) is 6.08 Å². The van der Waals surface area contributed by atoms with Crippen LogP contribution in [-0.4, -0.2) is 130 Å². The normalized spacial score (nSPS) is 27.8. The fourth-order valence-electron chi connectivity index (χ4n) is 11.8. The van der Waals surface area contributed by atoms with Gasteiger partial charge < -0.3 is 41.0 Å². The third-order valence-electron chi connectivity index (χ3n) is 15.5. The van der Waals surface area contributed by atoms with E-state index in [4.69, 9.17) is 21.1 Å². The number of nitrogens with zero attached hydrogens (tertiary/aromatic N) is 1. The van der Waals surface area contributed by atoms with Gasteiger partial charge in [0.2, 0.25) is 29.4 Å². The number of alkyl halides is 1. The molecule has 0 bridgehead atoms. The molecule has 6 N–H and O–H groups in total. The Hall–Kier alpha value is -6.13. The predicted octanol–water partition coefficient (Wildman–Crippen LogP) is 4.36. The first-order chi connectivity index (χ1) is 36.1. The van der Waals surface area contributed by atoms with Crippen molar-refractivity contribution in [3.8, 4) is 0 Å². The number of halogens is 1. The number of ether oxygens (including phenoxy) is 2. The third kappa shape index (κ3) is 11.6. The molecule has 0 saturated heterocycles. The van der Waals surface area contributed by atoms with Gasteiger partial charge in [-0.25, -0.2) is 0 Å². The second-order valence-corrected chi connectivity index (χ2v) is 22.8. The number of fused-ring (bicyclic) bond motifs is 5. The summed E-state index contributed by atoms with van der Waals surface area (Å²) in [6, 6.07) is 16.6. The fraction of sp³-hybridized carbons (Fsp3) is 0.481. The highest BCUT2D eigenvalue weighted by Gasteiger charge is 2.76. The highest BCUT2D eigenvalue weighted by Crippen LogP contribution is 2.72. The molecule has 9 atom stereocenters. The Labute approximate surface area is 453 Å². The van der Waals surface area contributed by atoms with Crippen molar-refractivity contribution in [2.24, 2.45) is 28.6 Å². The molecule has 1 heterocycles. The van der Waals surface area contributed by atoms with Gasteiger partial charge in [0, 0.05) is 52.3 Å². The SMILES string of the molecule is CCC(=O)O[C@]1(C(=O)COCNC(=O)CNC(=O)[C@H](CCC(=O)O)NC(=O)CNC(=O)CCN2C(=O)C(Sc3ccccc3)=C(Sc3ccccc3)C2=O)[C@@H](C)CC2[C@@H]3CCC4=CC(=O)C=C[C@]4(C)[C@@]3(Cl)[C@@H](O)C[C@@]21C. The smallest absolute Gasteiger partial charge is 0.306 e. The number of esters is 1. The van der Waals surface area contributed by atoms with Gasteiger partial charge in [-0.05, 0) is 80.4 Å². The maximum atomic E-state index is 14.5. The van der Waals surface area contributed by atoms with Crippen molar-refractivity contribution in [3.05, 3.63) is 94.3 Å². The molecule has 19 nitrogen and oxygen atoms in total. The van der Waals surface area contributed by atoms with Crippen LogP contribution >= 0.6 is 35.1 Å². The van der Waals surface area contributed by atoms with Crippen LogP contribution in [0.4, 0.5) is 0 Å². The molecule has 3 fully saturated rings. The maximum absolute atomic E-state index is 14.5. The zero-order valence-corrected chi connectivity index (χ0v) is 44.9. The number of Topliss-reactive ketones (excluding diaryl/α,β-unsaturated/α-hetero) is 1. The molecule has 0 aromatic heterocycles. The van der Waals surface area contributed by atoms with Crippen LogP contribution in [0.2, 0.25) is 0 Å². The number of aliphatic hydroxyl groups excluding tert-OH is 1. The number of thioether (sulfide) groups is 2. The second kappa shape index (κ2) is 24.0. The van der Waals surface area contributed by atoms with Crippen LogP contribution in [0.25, 0.3) is 0 Å². The Bertz CT molecular complexity index is 2700. The summed E-state index contributed by atoms with van der Waals surface area (Å²) in [5.41, 5.74) is -2.83. The lowest BCUT2D eigenvalue weighted by molar-refractivity contribution is -0.203. The summed E-state index contributed by atoms with van der Waals surface area (Å²) in [6.45, 7) is 4.47. The van der Waals surface area contributed by atoms with Crippen LogP contribution in [-0.2, 0) is 57.4 Å². The molecule has 1 aliphatic heterocycles. The van der Waals surface area contributed by atoms with Crippen LogP contribution in [0.3, 0.4) is 0 Å². The van der Waals surface area contributed by atoms with Crippen molar-refractivity contribution in [1.82, 2.24) is 26.2 Å². The number of benzene rings is 2. The lowest BCUT2D eigenvalue weighted by Gasteiger charge is -2.64. The molecule has 3 saturated carbocycles. The largest absolute Gasteiger partial charge is 0.481 e. The summed E-state index contributed by atoms with van der Waals surface area (Å²) in [5, 5.41) is 30.9. The molecule has 1 unspecified atom stereocenters. The first-order valence-electron chi connectivity index (χ1n) is 25.1. The van der Waals surface area contributed by atoms with Crippen LogP contribution in [0.1, 0.15) is 79.1 Å². The second-order valence-electron chi connectivity index (χ2n) is 20.0. The number of carboxylic acid groups (broad SMARTS) is 1. The van der Waals surface area contributed by atoms with E-state index in [2.05, 4.69) is 21.3 Å². The van der Waals surface area contributed by atoms with Crippen molar-refractivity contribution in [1.29, 1.82) is 0 Å². The predicted molar refractivity (Wildman–Crippen MR) is 279 cm³/mol. The van der Waals surface area contributed by atoms with Crippen LogP contribution in [0, 0.1) is 28.6 Å². The van der Waals surface area contributed by atoms with Gasteiger partial charge in [0.05, 0.1) is 33.9 Å². The van der Waals surface area contributed by atoms with Crippen LogP contribution in [0.15, 0.2) is 104 Å². The summed E-state index contributed by atoms with van der Waals surface area (Å²) in [6.07, 6.45) is 3.87. The number of rotatable bonds is 23. The minimum Gasteiger partial charge on any atom is -0.481 e. The highest BCUT2D eigenvalue weighted by molar-refractivity contribution is 8.08. The van der Waals surface area contributed by atoms with E-state index in [9.17, 15) is 58.2 Å². The van der Waals surface area contributed by atoms with E-state index in [0.717, 1.165) is 43.8 Å². The van der Waals surface area contributed by atoms with E-state index in [0.29, 0.717) is 19.3 Å². The Morgan fingerprint density at radius 2 is 1.46 bits per heavy atom. The first kappa shape index (κ1) is 57.6. The zero-order chi connectivity index (χ0) is 55.2. The van der Waals surface area contributed by atoms with Crippen molar-refractivity contribution < 1.29 is 67.6 Å². The van der Waals surface area contributed by atoms with Crippen molar-refractivity contribution in [3.63, 3.8) is 0 Å². The molecule has 2 aromatic carbocycles. The molecule has 76 heavy (non-hydrogen) atoms. The molecule has 7 rings (SSSR count). The Morgan fingerprint density at radius 3 is 2.07 bits per heavy atom. The summed E-state index contributed by atoms with van der Waals surface area (Å²) in [4.78, 5) is 132. The van der Waals surface area contributed by atoms with Crippen molar-refractivity contribution in [2.45, 2.75) is 111 Å². The average Bonchev–Trinajstić information content (AvgIpc) is 3.94. The molecular weight excluding hydrogens is 1040 g/mol. The maximum Gasteiger partial charge on any atom is 0.306 e.